The topological polar surface area (TPSA) is 35.2 Å². The van der Waals surface area contributed by atoms with Gasteiger partial charge in [-0.25, -0.2) is 13.2 Å². The van der Waals surface area contributed by atoms with Crippen LogP contribution in [0.3, 0.4) is 0 Å². The molecule has 0 amide bonds. The zero-order chi connectivity index (χ0) is 16.5. The van der Waals surface area contributed by atoms with Crippen LogP contribution in [-0.2, 0) is 0 Å². The summed E-state index contributed by atoms with van der Waals surface area (Å²) in [6.07, 6.45) is -4.85. The number of hydrogen-bond donors (Lipinski definition) is 1. The minimum absolute atomic E-state index is 0. The number of halogens is 7. The van der Waals surface area contributed by atoms with Crippen molar-refractivity contribution in [1.82, 2.24) is 0 Å². The Balaban J connectivity index is 0.00000264. The highest BCUT2D eigenvalue weighted by atomic mass is 35.5. The van der Waals surface area contributed by atoms with Crippen LogP contribution in [0, 0.1) is 17.5 Å². The number of ether oxygens (including phenoxy) is 1. The van der Waals surface area contributed by atoms with E-state index in [9.17, 15) is 26.3 Å². The number of rotatable bonds is 3. The van der Waals surface area contributed by atoms with Gasteiger partial charge in [0.2, 0.25) is 0 Å². The molecule has 2 aromatic carbocycles. The Morgan fingerprint density at radius 2 is 1.52 bits per heavy atom. The maximum Gasteiger partial charge on any atom is 0.573 e. The lowest BCUT2D eigenvalue weighted by Gasteiger charge is -2.15. The lowest BCUT2D eigenvalue weighted by molar-refractivity contribution is -0.274. The molecule has 0 heterocycles. The van der Waals surface area contributed by atoms with Crippen molar-refractivity contribution in [2.45, 2.75) is 12.4 Å². The molecule has 0 bridgehead atoms. The highest BCUT2D eigenvalue weighted by Gasteiger charge is 2.31. The van der Waals surface area contributed by atoms with Crippen molar-refractivity contribution in [3.63, 3.8) is 0 Å². The monoisotopic (exact) mass is 357 g/mol. The number of hydrogen-bond acceptors (Lipinski definition) is 2. The molecule has 0 aliphatic heterocycles. The summed E-state index contributed by atoms with van der Waals surface area (Å²) in [7, 11) is 0. The van der Waals surface area contributed by atoms with E-state index >= 15 is 0 Å². The predicted molar refractivity (Wildman–Crippen MR) is 72.7 cm³/mol. The second kappa shape index (κ2) is 7.10. The first kappa shape index (κ1) is 19.1. The predicted octanol–water partition coefficient (Wildman–Crippen LogP) is 4.47. The fraction of sp³-hybridized carbons (Fsp3) is 0.143. The molecule has 0 aromatic heterocycles. The van der Waals surface area contributed by atoms with Gasteiger partial charge < -0.3 is 10.5 Å². The third kappa shape index (κ3) is 4.77. The molecule has 0 fully saturated rings. The second-order valence-corrected chi connectivity index (χ2v) is 4.39. The standard InChI is InChI=1S/C14H9F6NO.ClH/c15-8-5-10(12(17)11(16)6-8)13(21)7-1-3-9(4-2-7)22-14(18,19)20;/h1-6,13H,21H2;1H/t13-;/m0./s1. The minimum atomic E-state index is -4.85. The molecule has 0 unspecified atom stereocenters. The highest BCUT2D eigenvalue weighted by molar-refractivity contribution is 5.85. The molecule has 9 heteroatoms. The Kier molecular flexibility index (Phi) is 5.90. The van der Waals surface area contributed by atoms with Gasteiger partial charge in [-0.05, 0) is 23.8 Å². The molecule has 2 rings (SSSR count). The maximum atomic E-state index is 13.6. The van der Waals surface area contributed by atoms with Crippen LogP contribution in [0.15, 0.2) is 36.4 Å². The Bertz CT molecular complexity index is 674. The van der Waals surface area contributed by atoms with Crippen LogP contribution in [0.5, 0.6) is 5.75 Å². The summed E-state index contributed by atoms with van der Waals surface area (Å²) in [6, 6.07) is 4.08. The van der Waals surface area contributed by atoms with Gasteiger partial charge in [0, 0.05) is 11.6 Å². The van der Waals surface area contributed by atoms with Crippen LogP contribution in [0.25, 0.3) is 0 Å². The molecule has 0 saturated heterocycles. The molecule has 126 valence electrons. The molecule has 0 aliphatic carbocycles. The van der Waals surface area contributed by atoms with Gasteiger partial charge in [-0.2, -0.15) is 0 Å². The summed E-state index contributed by atoms with van der Waals surface area (Å²) in [5.41, 5.74) is 5.42. The molecule has 2 N–H and O–H groups in total. The van der Waals surface area contributed by atoms with Gasteiger partial charge in [0.1, 0.15) is 11.6 Å². The maximum absolute atomic E-state index is 13.6. The van der Waals surface area contributed by atoms with Crippen LogP contribution >= 0.6 is 12.4 Å². The quantitative estimate of drug-likeness (QED) is 0.649. The van der Waals surface area contributed by atoms with Gasteiger partial charge in [0.05, 0.1) is 6.04 Å². The van der Waals surface area contributed by atoms with Crippen LogP contribution < -0.4 is 10.5 Å². The van der Waals surface area contributed by atoms with Crippen molar-refractivity contribution in [2.75, 3.05) is 0 Å². The van der Waals surface area contributed by atoms with E-state index in [0.29, 0.717) is 6.07 Å². The van der Waals surface area contributed by atoms with E-state index in [1.54, 1.807) is 0 Å². The number of benzene rings is 2. The van der Waals surface area contributed by atoms with Gasteiger partial charge in [-0.15, -0.1) is 25.6 Å². The summed E-state index contributed by atoms with van der Waals surface area (Å²) in [6.45, 7) is 0. The van der Waals surface area contributed by atoms with Gasteiger partial charge in [0.25, 0.3) is 0 Å². The Labute approximate surface area is 133 Å². The molecule has 0 aliphatic rings. The second-order valence-electron chi connectivity index (χ2n) is 4.39. The van der Waals surface area contributed by atoms with Crippen molar-refractivity contribution in [1.29, 1.82) is 0 Å². The van der Waals surface area contributed by atoms with Crippen molar-refractivity contribution < 1.29 is 31.1 Å². The molecule has 0 radical (unpaired) electrons. The normalized spacial score (nSPS) is 12.5. The van der Waals surface area contributed by atoms with Gasteiger partial charge in [-0.3, -0.25) is 0 Å². The van der Waals surface area contributed by atoms with Crippen LogP contribution in [0.4, 0.5) is 26.3 Å². The fourth-order valence-electron chi connectivity index (χ4n) is 1.86. The summed E-state index contributed by atoms with van der Waals surface area (Å²) >= 11 is 0. The third-order valence-electron chi connectivity index (χ3n) is 2.83. The summed E-state index contributed by atoms with van der Waals surface area (Å²) < 4.78 is 79.7. The molecule has 2 aromatic rings. The zero-order valence-corrected chi connectivity index (χ0v) is 12.0. The number of alkyl halides is 3. The average molecular weight is 358 g/mol. The summed E-state index contributed by atoms with van der Waals surface area (Å²) in [5.74, 6) is -4.22. The molecular formula is C14H10ClF6NO. The van der Waals surface area contributed by atoms with E-state index in [4.69, 9.17) is 5.73 Å². The Morgan fingerprint density at radius 1 is 0.957 bits per heavy atom. The summed E-state index contributed by atoms with van der Waals surface area (Å²) in [5, 5.41) is 0. The van der Waals surface area contributed by atoms with Crippen LogP contribution in [0.2, 0.25) is 0 Å². The van der Waals surface area contributed by atoms with E-state index in [1.807, 2.05) is 0 Å². The molecular weight excluding hydrogens is 348 g/mol. The Morgan fingerprint density at radius 3 is 2.04 bits per heavy atom. The van der Waals surface area contributed by atoms with Gasteiger partial charge in [-0.1, -0.05) is 12.1 Å². The minimum Gasteiger partial charge on any atom is -0.406 e. The van der Waals surface area contributed by atoms with Gasteiger partial charge >= 0.3 is 6.36 Å². The lowest BCUT2D eigenvalue weighted by atomic mass is 9.98. The molecule has 23 heavy (non-hydrogen) atoms. The van der Waals surface area contributed by atoms with E-state index in [-0.39, 0.29) is 18.0 Å². The van der Waals surface area contributed by atoms with Crippen molar-refractivity contribution in [3.05, 3.63) is 65.0 Å². The zero-order valence-electron chi connectivity index (χ0n) is 11.2. The molecule has 0 saturated carbocycles. The van der Waals surface area contributed by atoms with Crippen molar-refractivity contribution in [3.8, 4) is 5.75 Å². The first-order chi connectivity index (χ1) is 10.2. The van der Waals surface area contributed by atoms with E-state index in [1.165, 1.54) is 0 Å². The van der Waals surface area contributed by atoms with Crippen LogP contribution in [-0.4, -0.2) is 6.36 Å². The molecule has 0 spiro atoms. The van der Waals surface area contributed by atoms with Gasteiger partial charge in [0.15, 0.2) is 11.6 Å². The SMILES string of the molecule is Cl.N[C@@H](c1ccc(OC(F)(F)F)cc1)c1cc(F)cc(F)c1F. The third-order valence-corrected chi connectivity index (χ3v) is 2.83. The molecule has 2 nitrogen and oxygen atoms in total. The smallest absolute Gasteiger partial charge is 0.406 e. The Hall–Kier alpha value is -1.93. The van der Waals surface area contributed by atoms with Crippen molar-refractivity contribution in [2.24, 2.45) is 5.73 Å². The number of nitrogens with two attached hydrogens (primary N) is 1. The lowest BCUT2D eigenvalue weighted by Crippen LogP contribution is -2.18. The fourth-order valence-corrected chi connectivity index (χ4v) is 1.86. The molecule has 1 atom stereocenters. The van der Waals surface area contributed by atoms with E-state index in [2.05, 4.69) is 4.74 Å². The van der Waals surface area contributed by atoms with E-state index in [0.717, 1.165) is 30.3 Å². The average Bonchev–Trinajstić information content (AvgIpc) is 2.41. The first-order valence-electron chi connectivity index (χ1n) is 5.93. The van der Waals surface area contributed by atoms with Crippen LogP contribution in [0.1, 0.15) is 17.2 Å². The first-order valence-corrected chi connectivity index (χ1v) is 5.93. The van der Waals surface area contributed by atoms with Crippen molar-refractivity contribution >= 4 is 12.4 Å². The largest absolute Gasteiger partial charge is 0.573 e. The van der Waals surface area contributed by atoms with E-state index < -0.39 is 41.2 Å². The summed E-state index contributed by atoms with van der Waals surface area (Å²) in [4.78, 5) is 0. The highest BCUT2D eigenvalue weighted by Crippen LogP contribution is 2.28.